The van der Waals surface area contributed by atoms with Crippen LogP contribution < -0.4 is 30.3 Å². The smallest absolute Gasteiger partial charge is 0.329 e. The number of benzene rings is 3. The second-order valence-electron chi connectivity index (χ2n) is 7.93. The Hall–Kier alpha value is -4.86. The number of hydrazone groups is 1. The Morgan fingerprint density at radius 1 is 0.789 bits per heavy atom. The molecule has 0 atom stereocenters. The summed E-state index contributed by atoms with van der Waals surface area (Å²) in [5.41, 5.74) is 4.86. The van der Waals surface area contributed by atoms with E-state index in [0.29, 0.717) is 47.4 Å². The largest absolute Gasteiger partial charge is 0.492 e. The summed E-state index contributed by atoms with van der Waals surface area (Å²) in [5.74, 6) is -0.919. The molecule has 3 aromatic carbocycles. The summed E-state index contributed by atoms with van der Waals surface area (Å²) in [7, 11) is 0. The van der Waals surface area contributed by atoms with Crippen molar-refractivity contribution in [2.24, 2.45) is 5.10 Å². The summed E-state index contributed by atoms with van der Waals surface area (Å²) in [6, 6.07) is 19.2. The minimum atomic E-state index is -0.947. The van der Waals surface area contributed by atoms with Crippen molar-refractivity contribution >= 4 is 35.3 Å². The van der Waals surface area contributed by atoms with Gasteiger partial charge in [0.2, 0.25) is 0 Å². The van der Waals surface area contributed by atoms with Gasteiger partial charge in [0.05, 0.1) is 25.1 Å². The fourth-order valence-electron chi connectivity index (χ4n) is 3.30. The monoisotopic (exact) mass is 518 g/mol. The summed E-state index contributed by atoms with van der Waals surface area (Å²) in [5, 5.41) is 9.13. The van der Waals surface area contributed by atoms with E-state index in [1.165, 1.54) is 6.21 Å². The third-order valence-electron chi connectivity index (χ3n) is 4.95. The summed E-state index contributed by atoms with van der Waals surface area (Å²) >= 11 is 0. The van der Waals surface area contributed by atoms with Crippen molar-refractivity contribution in [2.75, 3.05) is 30.5 Å². The van der Waals surface area contributed by atoms with Gasteiger partial charge in [-0.25, -0.2) is 5.43 Å². The first kappa shape index (κ1) is 27.7. The number of amides is 3. The molecule has 0 bridgehead atoms. The van der Waals surface area contributed by atoms with E-state index in [0.717, 1.165) is 5.56 Å². The molecule has 0 aromatic heterocycles. The van der Waals surface area contributed by atoms with Crippen LogP contribution in [0.15, 0.2) is 71.8 Å². The molecule has 38 heavy (non-hydrogen) atoms. The number of carbonyl (C=O) groups is 3. The van der Waals surface area contributed by atoms with Gasteiger partial charge in [-0.3, -0.25) is 14.4 Å². The van der Waals surface area contributed by atoms with Gasteiger partial charge in [0.25, 0.3) is 5.91 Å². The maximum atomic E-state index is 12.3. The Morgan fingerprint density at radius 3 is 2.32 bits per heavy atom. The van der Waals surface area contributed by atoms with Crippen molar-refractivity contribution in [3.05, 3.63) is 77.9 Å². The number of anilines is 2. The molecular weight excluding hydrogens is 488 g/mol. The predicted molar refractivity (Wildman–Crippen MR) is 145 cm³/mol. The highest BCUT2D eigenvalue weighted by Crippen LogP contribution is 2.28. The molecule has 3 amide bonds. The molecule has 0 radical (unpaired) electrons. The van der Waals surface area contributed by atoms with Crippen molar-refractivity contribution in [1.82, 2.24) is 5.43 Å². The second-order valence-corrected chi connectivity index (χ2v) is 7.93. The quantitative estimate of drug-likeness (QED) is 0.201. The summed E-state index contributed by atoms with van der Waals surface area (Å²) in [6.07, 6.45) is 1.36. The van der Waals surface area contributed by atoms with Gasteiger partial charge in [0, 0.05) is 5.69 Å². The maximum absolute atomic E-state index is 12.3. The molecule has 3 N–H and O–H groups in total. The SMILES string of the molecule is CCOc1ccccc1NC(=O)C(=O)N/N=C\c1ccc(OCC(=O)Nc2cccc(C)c2)c(OCC)c1. The van der Waals surface area contributed by atoms with E-state index >= 15 is 0 Å². The van der Waals surface area contributed by atoms with E-state index in [9.17, 15) is 14.4 Å². The van der Waals surface area contributed by atoms with Gasteiger partial charge in [0.15, 0.2) is 18.1 Å². The Balaban J connectivity index is 1.56. The third-order valence-corrected chi connectivity index (χ3v) is 4.95. The number of carbonyl (C=O) groups excluding carboxylic acids is 3. The zero-order chi connectivity index (χ0) is 27.3. The molecule has 0 spiro atoms. The number of para-hydroxylation sites is 2. The summed E-state index contributed by atoms with van der Waals surface area (Å²) < 4.78 is 16.7. The highest BCUT2D eigenvalue weighted by atomic mass is 16.5. The molecule has 3 aromatic rings. The average Bonchev–Trinajstić information content (AvgIpc) is 2.89. The van der Waals surface area contributed by atoms with Crippen LogP contribution in [0.25, 0.3) is 0 Å². The summed E-state index contributed by atoms with van der Waals surface area (Å²) in [4.78, 5) is 36.7. The predicted octanol–water partition coefficient (Wildman–Crippen LogP) is 3.90. The second kappa shape index (κ2) is 14.0. The van der Waals surface area contributed by atoms with Crippen molar-refractivity contribution < 1.29 is 28.6 Å². The van der Waals surface area contributed by atoms with Crippen LogP contribution in [0.3, 0.4) is 0 Å². The van der Waals surface area contributed by atoms with Crippen LogP contribution in [0.1, 0.15) is 25.0 Å². The molecule has 0 unspecified atom stereocenters. The van der Waals surface area contributed by atoms with Crippen LogP contribution in [0.2, 0.25) is 0 Å². The molecule has 0 heterocycles. The van der Waals surface area contributed by atoms with Crippen LogP contribution in [0.5, 0.6) is 17.2 Å². The number of nitrogens with one attached hydrogen (secondary N) is 3. The Morgan fingerprint density at radius 2 is 1.55 bits per heavy atom. The summed E-state index contributed by atoms with van der Waals surface area (Å²) in [6.45, 7) is 6.15. The normalized spacial score (nSPS) is 10.5. The molecule has 0 aliphatic carbocycles. The lowest BCUT2D eigenvalue weighted by molar-refractivity contribution is -0.136. The molecule has 198 valence electrons. The topological polar surface area (TPSA) is 127 Å². The Labute approximate surface area is 221 Å². The van der Waals surface area contributed by atoms with Gasteiger partial charge >= 0.3 is 11.8 Å². The van der Waals surface area contributed by atoms with E-state index in [1.807, 2.05) is 39.0 Å². The zero-order valence-corrected chi connectivity index (χ0v) is 21.4. The highest BCUT2D eigenvalue weighted by Gasteiger charge is 2.15. The van der Waals surface area contributed by atoms with Gasteiger partial charge in [-0.15, -0.1) is 0 Å². The highest BCUT2D eigenvalue weighted by molar-refractivity contribution is 6.39. The van der Waals surface area contributed by atoms with Crippen LogP contribution in [0, 0.1) is 6.92 Å². The van der Waals surface area contributed by atoms with Crippen LogP contribution >= 0.6 is 0 Å². The van der Waals surface area contributed by atoms with E-state index in [4.69, 9.17) is 14.2 Å². The number of ether oxygens (including phenoxy) is 3. The van der Waals surface area contributed by atoms with Crippen LogP contribution in [-0.2, 0) is 14.4 Å². The Bertz CT molecular complexity index is 1310. The lowest BCUT2D eigenvalue weighted by Crippen LogP contribution is -2.32. The van der Waals surface area contributed by atoms with Crippen molar-refractivity contribution in [1.29, 1.82) is 0 Å². The molecule has 0 saturated carbocycles. The number of rotatable bonds is 11. The maximum Gasteiger partial charge on any atom is 0.329 e. The van der Waals surface area contributed by atoms with Gasteiger partial charge in [-0.05, 0) is 74.4 Å². The van der Waals surface area contributed by atoms with Gasteiger partial charge in [-0.1, -0.05) is 24.3 Å². The minimum Gasteiger partial charge on any atom is -0.492 e. The van der Waals surface area contributed by atoms with Crippen LogP contribution in [0.4, 0.5) is 11.4 Å². The molecule has 10 heteroatoms. The van der Waals surface area contributed by atoms with E-state index in [1.54, 1.807) is 48.5 Å². The molecule has 0 fully saturated rings. The number of hydrogen-bond acceptors (Lipinski definition) is 7. The third kappa shape index (κ3) is 8.37. The van der Waals surface area contributed by atoms with Crippen molar-refractivity contribution in [3.8, 4) is 17.2 Å². The number of aryl methyl sites for hydroxylation is 1. The molecule has 3 rings (SSSR count). The van der Waals surface area contributed by atoms with Gasteiger partial charge < -0.3 is 24.8 Å². The average molecular weight is 519 g/mol. The van der Waals surface area contributed by atoms with Crippen LogP contribution in [-0.4, -0.2) is 43.8 Å². The van der Waals surface area contributed by atoms with Crippen molar-refractivity contribution in [3.63, 3.8) is 0 Å². The van der Waals surface area contributed by atoms with Gasteiger partial charge in [-0.2, -0.15) is 5.10 Å². The first-order chi connectivity index (χ1) is 18.4. The zero-order valence-electron chi connectivity index (χ0n) is 21.4. The fraction of sp³-hybridized carbons (Fsp3) is 0.214. The number of hydrogen-bond donors (Lipinski definition) is 3. The number of nitrogens with zero attached hydrogens (tertiary/aromatic N) is 1. The lowest BCUT2D eigenvalue weighted by Gasteiger charge is -2.13. The van der Waals surface area contributed by atoms with Gasteiger partial charge in [0.1, 0.15) is 5.75 Å². The van der Waals surface area contributed by atoms with E-state index in [-0.39, 0.29) is 12.5 Å². The first-order valence-electron chi connectivity index (χ1n) is 12.0. The standard InChI is InChI=1S/C28H30N4O6/c1-4-36-23-12-7-6-11-22(23)31-27(34)28(35)32-29-17-20-13-14-24(25(16-20)37-5-2)38-18-26(33)30-21-10-8-9-19(3)15-21/h6-17H,4-5,18H2,1-3H3,(H,30,33)(H,31,34)(H,32,35)/b29-17-. The van der Waals surface area contributed by atoms with Crippen molar-refractivity contribution in [2.45, 2.75) is 20.8 Å². The fourth-order valence-corrected chi connectivity index (χ4v) is 3.30. The molecular formula is C28H30N4O6. The Kier molecular flexibility index (Phi) is 10.2. The van der Waals surface area contributed by atoms with E-state index < -0.39 is 11.8 Å². The molecule has 0 aliphatic heterocycles. The first-order valence-corrected chi connectivity index (χ1v) is 12.0. The van der Waals surface area contributed by atoms with E-state index in [2.05, 4.69) is 21.2 Å². The molecule has 0 saturated heterocycles. The minimum absolute atomic E-state index is 0.209. The lowest BCUT2D eigenvalue weighted by atomic mass is 10.2. The molecule has 10 nitrogen and oxygen atoms in total. The molecule has 0 aliphatic rings.